The Labute approximate surface area is 119 Å². The van der Waals surface area contributed by atoms with Crippen LogP contribution in [0, 0.1) is 27.7 Å². The van der Waals surface area contributed by atoms with Crippen LogP contribution >= 0.6 is 0 Å². The zero-order chi connectivity index (χ0) is 14.9. The molecule has 0 fully saturated rings. The van der Waals surface area contributed by atoms with E-state index in [0.717, 1.165) is 33.8 Å². The quantitative estimate of drug-likeness (QED) is 0.933. The van der Waals surface area contributed by atoms with Crippen LogP contribution in [0.4, 0.5) is 5.69 Å². The van der Waals surface area contributed by atoms with Crippen molar-refractivity contribution in [3.63, 3.8) is 0 Å². The molecule has 0 atom stereocenters. The summed E-state index contributed by atoms with van der Waals surface area (Å²) in [4.78, 5) is 12.3. The van der Waals surface area contributed by atoms with Gasteiger partial charge in [-0.05, 0) is 38.8 Å². The molecular formula is C16H21N3O. The van der Waals surface area contributed by atoms with Crippen molar-refractivity contribution >= 4 is 11.6 Å². The van der Waals surface area contributed by atoms with E-state index in [-0.39, 0.29) is 5.91 Å². The monoisotopic (exact) mass is 271 g/mol. The van der Waals surface area contributed by atoms with Gasteiger partial charge in [0.15, 0.2) is 0 Å². The second kappa shape index (κ2) is 5.49. The molecule has 0 aliphatic heterocycles. The van der Waals surface area contributed by atoms with E-state index in [1.165, 1.54) is 0 Å². The summed E-state index contributed by atoms with van der Waals surface area (Å²) >= 11 is 0. The Morgan fingerprint density at radius 2 is 1.80 bits per heavy atom. The fourth-order valence-corrected chi connectivity index (χ4v) is 2.43. The van der Waals surface area contributed by atoms with Gasteiger partial charge in [-0.25, -0.2) is 0 Å². The van der Waals surface area contributed by atoms with Gasteiger partial charge in [0.05, 0.1) is 12.1 Å². The summed E-state index contributed by atoms with van der Waals surface area (Å²) in [5.74, 6) is 0.00148. The van der Waals surface area contributed by atoms with Crippen LogP contribution in [0.1, 0.15) is 28.1 Å². The zero-order valence-electron chi connectivity index (χ0n) is 12.7. The molecule has 4 heteroatoms. The number of carbonyl (C=O) groups is 1. The lowest BCUT2D eigenvalue weighted by Crippen LogP contribution is -2.16. The molecule has 0 aliphatic rings. The molecule has 1 amide bonds. The Balaban J connectivity index is 2.18. The number of hydrogen-bond acceptors (Lipinski definition) is 2. The van der Waals surface area contributed by atoms with E-state index in [2.05, 4.69) is 10.4 Å². The van der Waals surface area contributed by atoms with Crippen LogP contribution in [0.2, 0.25) is 0 Å². The molecule has 20 heavy (non-hydrogen) atoms. The molecule has 0 aliphatic carbocycles. The van der Waals surface area contributed by atoms with Gasteiger partial charge in [-0.3, -0.25) is 9.48 Å². The maximum absolute atomic E-state index is 12.3. The predicted octanol–water partition coefficient (Wildman–Crippen LogP) is 2.83. The lowest BCUT2D eigenvalue weighted by molar-refractivity contribution is -0.115. The van der Waals surface area contributed by atoms with Crippen LogP contribution in [0.5, 0.6) is 0 Å². The number of anilines is 1. The largest absolute Gasteiger partial charge is 0.325 e. The van der Waals surface area contributed by atoms with Gasteiger partial charge in [0, 0.05) is 24.0 Å². The first kappa shape index (κ1) is 14.3. The third-order valence-electron chi connectivity index (χ3n) is 3.74. The molecule has 1 aromatic heterocycles. The first-order chi connectivity index (χ1) is 9.40. The first-order valence-corrected chi connectivity index (χ1v) is 6.75. The van der Waals surface area contributed by atoms with Crippen LogP contribution < -0.4 is 5.32 Å². The van der Waals surface area contributed by atoms with Gasteiger partial charge in [-0.15, -0.1) is 0 Å². The minimum atomic E-state index is 0.00148. The number of carbonyl (C=O) groups excluding carboxylic acids is 1. The molecule has 0 spiro atoms. The Morgan fingerprint density at radius 1 is 1.20 bits per heavy atom. The number of para-hydroxylation sites is 1. The Morgan fingerprint density at radius 3 is 2.30 bits per heavy atom. The molecule has 0 saturated heterocycles. The lowest BCUT2D eigenvalue weighted by atomic mass is 10.1. The number of nitrogens with zero attached hydrogens (tertiary/aromatic N) is 2. The predicted molar refractivity (Wildman–Crippen MR) is 80.9 cm³/mol. The maximum Gasteiger partial charge on any atom is 0.228 e. The highest BCUT2D eigenvalue weighted by molar-refractivity contribution is 5.94. The topological polar surface area (TPSA) is 46.9 Å². The third kappa shape index (κ3) is 2.74. The minimum Gasteiger partial charge on any atom is -0.325 e. The number of hydrogen-bond donors (Lipinski definition) is 1. The maximum atomic E-state index is 12.3. The van der Waals surface area contributed by atoms with E-state index in [4.69, 9.17) is 0 Å². The van der Waals surface area contributed by atoms with Crippen molar-refractivity contribution < 1.29 is 4.79 Å². The fraction of sp³-hybridized carbons (Fsp3) is 0.375. The van der Waals surface area contributed by atoms with E-state index in [9.17, 15) is 4.79 Å². The number of aromatic nitrogens is 2. The highest BCUT2D eigenvalue weighted by Crippen LogP contribution is 2.20. The summed E-state index contributed by atoms with van der Waals surface area (Å²) in [7, 11) is 1.90. The van der Waals surface area contributed by atoms with E-state index >= 15 is 0 Å². The van der Waals surface area contributed by atoms with Crippen LogP contribution in [0.15, 0.2) is 18.2 Å². The zero-order valence-corrected chi connectivity index (χ0v) is 12.7. The molecule has 1 N–H and O–H groups in total. The van der Waals surface area contributed by atoms with Crippen LogP contribution in [-0.4, -0.2) is 15.7 Å². The second-order valence-corrected chi connectivity index (χ2v) is 5.26. The Kier molecular flexibility index (Phi) is 3.93. The van der Waals surface area contributed by atoms with Gasteiger partial charge in [-0.2, -0.15) is 5.10 Å². The Bertz CT molecular complexity index is 636. The summed E-state index contributed by atoms with van der Waals surface area (Å²) in [5, 5.41) is 7.36. The molecule has 1 aromatic carbocycles. The first-order valence-electron chi connectivity index (χ1n) is 6.75. The average Bonchev–Trinajstić information content (AvgIpc) is 2.61. The molecular weight excluding hydrogens is 250 g/mol. The normalized spacial score (nSPS) is 10.7. The van der Waals surface area contributed by atoms with Gasteiger partial charge in [0.1, 0.15) is 0 Å². The van der Waals surface area contributed by atoms with E-state index in [0.29, 0.717) is 6.42 Å². The molecule has 0 radical (unpaired) electrons. The van der Waals surface area contributed by atoms with Crippen molar-refractivity contribution in [2.24, 2.45) is 7.05 Å². The number of amides is 1. The van der Waals surface area contributed by atoms with Crippen LogP contribution in [-0.2, 0) is 18.3 Å². The highest BCUT2D eigenvalue weighted by atomic mass is 16.1. The molecule has 0 saturated carbocycles. The molecule has 1 heterocycles. The molecule has 2 rings (SSSR count). The molecule has 0 unspecified atom stereocenters. The number of aryl methyl sites for hydroxylation is 4. The highest BCUT2D eigenvalue weighted by Gasteiger charge is 2.14. The van der Waals surface area contributed by atoms with Gasteiger partial charge < -0.3 is 5.32 Å². The van der Waals surface area contributed by atoms with Gasteiger partial charge in [-0.1, -0.05) is 18.2 Å². The van der Waals surface area contributed by atoms with Crippen molar-refractivity contribution in [1.82, 2.24) is 9.78 Å². The summed E-state index contributed by atoms with van der Waals surface area (Å²) < 4.78 is 1.82. The van der Waals surface area contributed by atoms with Gasteiger partial charge in [0.2, 0.25) is 5.91 Å². The summed E-state index contributed by atoms with van der Waals surface area (Å²) in [5.41, 5.74) is 6.05. The SMILES string of the molecule is Cc1cccc(C)c1NC(=O)Cc1c(C)nn(C)c1C. The molecule has 4 nitrogen and oxygen atoms in total. The second-order valence-electron chi connectivity index (χ2n) is 5.26. The van der Waals surface area contributed by atoms with E-state index in [1.54, 1.807) is 0 Å². The van der Waals surface area contributed by atoms with Gasteiger partial charge >= 0.3 is 0 Å². The lowest BCUT2D eigenvalue weighted by Gasteiger charge is -2.11. The van der Waals surface area contributed by atoms with Gasteiger partial charge in [0.25, 0.3) is 0 Å². The van der Waals surface area contributed by atoms with Crippen molar-refractivity contribution in [1.29, 1.82) is 0 Å². The average molecular weight is 271 g/mol. The van der Waals surface area contributed by atoms with E-state index in [1.807, 2.05) is 57.6 Å². The summed E-state index contributed by atoms with van der Waals surface area (Å²) in [6, 6.07) is 6.00. The van der Waals surface area contributed by atoms with Crippen molar-refractivity contribution in [3.8, 4) is 0 Å². The third-order valence-corrected chi connectivity index (χ3v) is 3.74. The molecule has 0 bridgehead atoms. The summed E-state index contributed by atoms with van der Waals surface area (Å²) in [6.07, 6.45) is 0.360. The number of benzene rings is 1. The standard InChI is InChI=1S/C16H21N3O/c1-10-7-6-8-11(2)16(10)17-15(20)9-14-12(3)18-19(5)13(14)4/h6-8H,9H2,1-5H3,(H,17,20). The van der Waals surface area contributed by atoms with Crippen LogP contribution in [0.25, 0.3) is 0 Å². The smallest absolute Gasteiger partial charge is 0.228 e. The van der Waals surface area contributed by atoms with Crippen molar-refractivity contribution in [3.05, 3.63) is 46.3 Å². The van der Waals surface area contributed by atoms with Crippen molar-refractivity contribution in [2.75, 3.05) is 5.32 Å². The number of rotatable bonds is 3. The molecule has 106 valence electrons. The Hall–Kier alpha value is -2.10. The minimum absolute atomic E-state index is 0.00148. The van der Waals surface area contributed by atoms with Crippen LogP contribution in [0.3, 0.4) is 0 Å². The fourth-order valence-electron chi connectivity index (χ4n) is 2.43. The number of nitrogens with one attached hydrogen (secondary N) is 1. The molecule has 2 aromatic rings. The van der Waals surface area contributed by atoms with Crippen molar-refractivity contribution in [2.45, 2.75) is 34.1 Å². The summed E-state index contributed by atoms with van der Waals surface area (Å²) in [6.45, 7) is 7.93. The van der Waals surface area contributed by atoms with E-state index < -0.39 is 0 Å².